The molecule has 0 fully saturated rings. The van der Waals surface area contributed by atoms with Crippen LogP contribution in [-0.2, 0) is 6.18 Å². The zero-order valence-corrected chi connectivity index (χ0v) is 11.0. The third kappa shape index (κ3) is 2.84. The molecule has 1 aromatic heterocycles. The van der Waals surface area contributed by atoms with Gasteiger partial charge in [-0.1, -0.05) is 28.1 Å². The van der Waals surface area contributed by atoms with Gasteiger partial charge in [0, 0.05) is 28.0 Å². The number of alkyl halides is 3. The quantitative estimate of drug-likeness (QED) is 0.776. The van der Waals surface area contributed by atoms with Crippen LogP contribution in [0.2, 0.25) is 0 Å². The minimum absolute atomic E-state index is 0.117. The van der Waals surface area contributed by atoms with E-state index < -0.39 is 23.1 Å². The number of nitrogens with zero attached hydrogens (tertiary/aromatic N) is 1. The summed E-state index contributed by atoms with van der Waals surface area (Å²) < 4.78 is 38.8. The lowest BCUT2D eigenvalue weighted by atomic mass is 9.99. The van der Waals surface area contributed by atoms with Crippen molar-refractivity contribution in [3.63, 3.8) is 0 Å². The number of pyridine rings is 1. The van der Waals surface area contributed by atoms with Gasteiger partial charge in [-0.25, -0.2) is 0 Å². The van der Waals surface area contributed by atoms with Crippen LogP contribution in [0.3, 0.4) is 0 Å². The lowest BCUT2D eigenvalue weighted by molar-refractivity contribution is -0.138. The molecular weight excluding hydrogens is 323 g/mol. The van der Waals surface area contributed by atoms with Crippen molar-refractivity contribution in [1.29, 1.82) is 0 Å². The first-order valence-corrected chi connectivity index (χ1v) is 6.01. The first-order chi connectivity index (χ1) is 8.91. The van der Waals surface area contributed by atoms with Gasteiger partial charge in [0.05, 0.1) is 5.56 Å². The number of halogens is 4. The summed E-state index contributed by atoms with van der Waals surface area (Å²) >= 11 is 2.84. The molecule has 2 rings (SSSR count). The van der Waals surface area contributed by atoms with E-state index in [-0.39, 0.29) is 10.0 Å². The van der Waals surface area contributed by atoms with E-state index in [4.69, 9.17) is 0 Å². The Kier molecular flexibility index (Phi) is 3.71. The Morgan fingerprint density at radius 3 is 2.47 bits per heavy atom. The molecule has 1 aromatic carbocycles. The maximum absolute atomic E-state index is 13.0. The van der Waals surface area contributed by atoms with Crippen LogP contribution in [0.4, 0.5) is 13.2 Å². The summed E-state index contributed by atoms with van der Waals surface area (Å²) in [4.78, 5) is 15.8. The van der Waals surface area contributed by atoms with Crippen molar-refractivity contribution in [3.8, 4) is 0 Å². The fraction of sp³-hybridized carbons (Fsp3) is 0.0769. The Morgan fingerprint density at radius 1 is 1.16 bits per heavy atom. The molecule has 0 aliphatic rings. The standard InChI is InChI=1S/C13H7BrF3NO/c14-10-5-1-4-9(11(10)13(15,16)17)12(19)8-3-2-6-18-7-8/h1-7H. The van der Waals surface area contributed by atoms with E-state index >= 15 is 0 Å². The van der Waals surface area contributed by atoms with Gasteiger partial charge in [0.2, 0.25) is 0 Å². The summed E-state index contributed by atoms with van der Waals surface area (Å²) in [6.07, 6.45) is -1.92. The Hall–Kier alpha value is -1.69. The van der Waals surface area contributed by atoms with Crippen LogP contribution in [-0.4, -0.2) is 10.8 Å². The molecule has 0 saturated carbocycles. The fourth-order valence-corrected chi connectivity index (χ4v) is 2.25. The topological polar surface area (TPSA) is 30.0 Å². The van der Waals surface area contributed by atoms with Crippen LogP contribution in [0, 0.1) is 0 Å². The van der Waals surface area contributed by atoms with Crippen LogP contribution in [0.25, 0.3) is 0 Å². The van der Waals surface area contributed by atoms with E-state index in [1.54, 1.807) is 0 Å². The predicted molar refractivity (Wildman–Crippen MR) is 66.8 cm³/mol. The molecule has 0 N–H and O–H groups in total. The van der Waals surface area contributed by atoms with Crippen molar-refractivity contribution in [2.24, 2.45) is 0 Å². The van der Waals surface area contributed by atoms with Gasteiger partial charge in [-0.05, 0) is 18.2 Å². The normalized spacial score (nSPS) is 11.4. The second-order valence-electron chi connectivity index (χ2n) is 3.73. The molecule has 98 valence electrons. The highest BCUT2D eigenvalue weighted by molar-refractivity contribution is 9.10. The number of rotatable bonds is 2. The summed E-state index contributed by atoms with van der Waals surface area (Å²) in [6, 6.07) is 6.73. The molecule has 6 heteroatoms. The van der Waals surface area contributed by atoms with E-state index in [1.807, 2.05) is 0 Å². The highest BCUT2D eigenvalue weighted by Gasteiger charge is 2.37. The highest BCUT2D eigenvalue weighted by Crippen LogP contribution is 2.37. The minimum Gasteiger partial charge on any atom is -0.289 e. The highest BCUT2D eigenvalue weighted by atomic mass is 79.9. The first-order valence-electron chi connectivity index (χ1n) is 5.21. The van der Waals surface area contributed by atoms with E-state index in [0.29, 0.717) is 0 Å². The summed E-state index contributed by atoms with van der Waals surface area (Å²) in [7, 11) is 0. The van der Waals surface area contributed by atoms with Crippen molar-refractivity contribution in [1.82, 2.24) is 4.98 Å². The molecule has 0 unspecified atom stereocenters. The van der Waals surface area contributed by atoms with Gasteiger partial charge >= 0.3 is 6.18 Å². The summed E-state index contributed by atoms with van der Waals surface area (Å²) in [5.74, 6) is -0.707. The Morgan fingerprint density at radius 2 is 1.89 bits per heavy atom. The van der Waals surface area contributed by atoms with Crippen molar-refractivity contribution in [2.75, 3.05) is 0 Å². The largest absolute Gasteiger partial charge is 0.418 e. The van der Waals surface area contributed by atoms with Crippen LogP contribution >= 0.6 is 15.9 Å². The molecule has 0 saturated heterocycles. The summed E-state index contributed by atoms with van der Waals surface area (Å²) in [5.41, 5.74) is -1.25. The number of carbonyl (C=O) groups is 1. The van der Waals surface area contributed by atoms with Gasteiger partial charge in [-0.15, -0.1) is 0 Å². The molecule has 19 heavy (non-hydrogen) atoms. The van der Waals surface area contributed by atoms with Gasteiger partial charge in [0.15, 0.2) is 5.78 Å². The average Bonchev–Trinajstić information content (AvgIpc) is 2.37. The van der Waals surface area contributed by atoms with E-state index in [0.717, 1.165) is 6.07 Å². The molecule has 0 aliphatic heterocycles. The second kappa shape index (κ2) is 5.13. The minimum atomic E-state index is -4.60. The average molecular weight is 330 g/mol. The number of benzene rings is 1. The van der Waals surface area contributed by atoms with E-state index in [1.165, 1.54) is 36.7 Å². The summed E-state index contributed by atoms with van der Waals surface area (Å²) in [6.45, 7) is 0. The predicted octanol–water partition coefficient (Wildman–Crippen LogP) is 4.09. The van der Waals surface area contributed by atoms with Gasteiger partial charge < -0.3 is 0 Å². The lowest BCUT2D eigenvalue weighted by Crippen LogP contribution is -2.14. The molecular formula is C13H7BrF3NO. The smallest absolute Gasteiger partial charge is 0.289 e. The van der Waals surface area contributed by atoms with Crippen molar-refractivity contribution in [2.45, 2.75) is 6.18 Å². The van der Waals surface area contributed by atoms with Crippen molar-refractivity contribution in [3.05, 3.63) is 63.9 Å². The van der Waals surface area contributed by atoms with Crippen LogP contribution in [0.1, 0.15) is 21.5 Å². The second-order valence-corrected chi connectivity index (χ2v) is 4.59. The number of ketones is 1. The van der Waals surface area contributed by atoms with Gasteiger partial charge in [-0.3, -0.25) is 9.78 Å². The fourth-order valence-electron chi connectivity index (χ4n) is 1.65. The van der Waals surface area contributed by atoms with Crippen LogP contribution < -0.4 is 0 Å². The van der Waals surface area contributed by atoms with Gasteiger partial charge in [-0.2, -0.15) is 13.2 Å². The number of aromatic nitrogens is 1. The maximum atomic E-state index is 13.0. The summed E-state index contributed by atoms with van der Waals surface area (Å²) in [5, 5.41) is 0. The Bertz CT molecular complexity index is 611. The number of hydrogen-bond donors (Lipinski definition) is 0. The molecule has 0 bridgehead atoms. The zero-order chi connectivity index (χ0) is 14.0. The SMILES string of the molecule is O=C(c1cccnc1)c1cccc(Br)c1C(F)(F)F. The molecule has 0 spiro atoms. The molecule has 2 aromatic rings. The molecule has 0 amide bonds. The molecule has 2 nitrogen and oxygen atoms in total. The molecule has 0 atom stereocenters. The third-order valence-electron chi connectivity index (χ3n) is 2.47. The van der Waals surface area contributed by atoms with E-state index in [2.05, 4.69) is 20.9 Å². The molecule has 1 heterocycles. The van der Waals surface area contributed by atoms with Crippen LogP contribution in [0.5, 0.6) is 0 Å². The van der Waals surface area contributed by atoms with Crippen molar-refractivity contribution < 1.29 is 18.0 Å². The van der Waals surface area contributed by atoms with Gasteiger partial charge in [0.25, 0.3) is 0 Å². The Labute approximate surface area is 115 Å². The molecule has 0 radical (unpaired) electrons. The third-order valence-corrected chi connectivity index (χ3v) is 3.13. The maximum Gasteiger partial charge on any atom is 0.418 e. The van der Waals surface area contributed by atoms with E-state index in [9.17, 15) is 18.0 Å². The van der Waals surface area contributed by atoms with Gasteiger partial charge in [0.1, 0.15) is 0 Å². The number of hydrogen-bond acceptors (Lipinski definition) is 2. The van der Waals surface area contributed by atoms with Crippen LogP contribution in [0.15, 0.2) is 47.2 Å². The lowest BCUT2D eigenvalue weighted by Gasteiger charge is -2.13. The number of carbonyl (C=O) groups excluding carboxylic acids is 1. The van der Waals surface area contributed by atoms with Crippen molar-refractivity contribution >= 4 is 21.7 Å². The Balaban J connectivity index is 2.58. The monoisotopic (exact) mass is 329 g/mol. The molecule has 0 aliphatic carbocycles. The first kappa shape index (κ1) is 13.7. The zero-order valence-electron chi connectivity index (χ0n) is 9.41.